The molecule has 2 aliphatic rings. The van der Waals surface area contributed by atoms with Gasteiger partial charge in [-0.1, -0.05) is 19.3 Å². The highest BCUT2D eigenvalue weighted by atomic mass is 16.5. The second-order valence-electron chi connectivity index (χ2n) is 4.85. The van der Waals surface area contributed by atoms with Gasteiger partial charge in [0.05, 0.1) is 6.61 Å². The van der Waals surface area contributed by atoms with E-state index in [2.05, 4.69) is 5.32 Å². The van der Waals surface area contributed by atoms with Gasteiger partial charge >= 0.3 is 5.97 Å². The summed E-state index contributed by atoms with van der Waals surface area (Å²) in [5.74, 6) is 1.58. The average molecular weight is 211 g/mol. The van der Waals surface area contributed by atoms with E-state index in [9.17, 15) is 4.79 Å². The molecule has 86 valence electrons. The summed E-state index contributed by atoms with van der Waals surface area (Å²) >= 11 is 0. The topological polar surface area (TPSA) is 38.3 Å². The fourth-order valence-electron chi connectivity index (χ4n) is 2.61. The molecule has 0 bridgehead atoms. The summed E-state index contributed by atoms with van der Waals surface area (Å²) in [6.45, 7) is 3.35. The molecule has 1 saturated heterocycles. The number of rotatable bonds is 4. The van der Waals surface area contributed by atoms with Crippen LogP contribution in [-0.4, -0.2) is 25.2 Å². The fourth-order valence-corrected chi connectivity index (χ4v) is 2.61. The maximum atomic E-state index is 11.5. The van der Waals surface area contributed by atoms with Gasteiger partial charge in [-0.25, -0.2) is 0 Å². The van der Waals surface area contributed by atoms with Crippen LogP contribution >= 0.6 is 0 Å². The minimum atomic E-state index is -0.0615. The van der Waals surface area contributed by atoms with Gasteiger partial charge in [-0.2, -0.15) is 0 Å². The highest BCUT2D eigenvalue weighted by molar-refractivity contribution is 5.76. The molecule has 0 unspecified atom stereocenters. The average Bonchev–Trinajstić information content (AvgIpc) is 2.60. The number of esters is 1. The molecule has 0 radical (unpaired) electrons. The zero-order valence-electron chi connectivity index (χ0n) is 9.50. The summed E-state index contributed by atoms with van der Waals surface area (Å²) in [5, 5.41) is 3.27. The Balaban J connectivity index is 1.71. The minimum Gasteiger partial charge on any atom is -0.465 e. The Morgan fingerprint density at radius 1 is 1.40 bits per heavy atom. The summed E-state index contributed by atoms with van der Waals surface area (Å²) in [6, 6.07) is -0.0324. The maximum absolute atomic E-state index is 11.5. The molecule has 0 spiro atoms. The van der Waals surface area contributed by atoms with Gasteiger partial charge in [0.15, 0.2) is 0 Å². The van der Waals surface area contributed by atoms with E-state index in [4.69, 9.17) is 4.74 Å². The van der Waals surface area contributed by atoms with Gasteiger partial charge in [-0.05, 0) is 38.1 Å². The molecule has 2 fully saturated rings. The van der Waals surface area contributed by atoms with Crippen LogP contribution in [0.4, 0.5) is 0 Å². The Hall–Kier alpha value is -0.570. The van der Waals surface area contributed by atoms with Crippen molar-refractivity contribution >= 4 is 5.97 Å². The van der Waals surface area contributed by atoms with Crippen molar-refractivity contribution in [3.05, 3.63) is 0 Å². The van der Waals surface area contributed by atoms with Crippen LogP contribution < -0.4 is 5.32 Å². The fraction of sp³-hybridized carbons (Fsp3) is 0.917. The Morgan fingerprint density at radius 2 is 2.20 bits per heavy atom. The SMILES string of the molecule is CCOC(=O)[C@@H]1C[C@H](CC2CCC2)CN1. The van der Waals surface area contributed by atoms with E-state index in [1.54, 1.807) is 0 Å². The molecule has 1 aliphatic heterocycles. The number of carbonyl (C=O) groups is 1. The normalized spacial score (nSPS) is 31.3. The highest BCUT2D eigenvalue weighted by Crippen LogP contribution is 2.34. The molecule has 2 rings (SSSR count). The number of hydrogen-bond donors (Lipinski definition) is 1. The minimum absolute atomic E-state index is 0.0324. The first-order valence-corrected chi connectivity index (χ1v) is 6.19. The second kappa shape index (κ2) is 4.97. The summed E-state index contributed by atoms with van der Waals surface area (Å²) in [6.07, 6.45) is 6.51. The maximum Gasteiger partial charge on any atom is 0.323 e. The van der Waals surface area contributed by atoms with Gasteiger partial charge in [0, 0.05) is 0 Å². The van der Waals surface area contributed by atoms with Crippen LogP contribution in [0.25, 0.3) is 0 Å². The summed E-state index contributed by atoms with van der Waals surface area (Å²) in [4.78, 5) is 11.5. The smallest absolute Gasteiger partial charge is 0.323 e. The lowest BCUT2D eigenvalue weighted by molar-refractivity contribution is -0.145. The summed E-state index contributed by atoms with van der Waals surface area (Å²) in [5.41, 5.74) is 0. The third-order valence-electron chi connectivity index (χ3n) is 3.68. The van der Waals surface area contributed by atoms with Gasteiger partial charge in [0.25, 0.3) is 0 Å². The van der Waals surface area contributed by atoms with Crippen molar-refractivity contribution in [1.82, 2.24) is 5.32 Å². The molecular weight excluding hydrogens is 190 g/mol. The van der Waals surface area contributed by atoms with Crippen molar-refractivity contribution in [1.29, 1.82) is 0 Å². The van der Waals surface area contributed by atoms with E-state index in [0.29, 0.717) is 12.5 Å². The van der Waals surface area contributed by atoms with E-state index < -0.39 is 0 Å². The largest absolute Gasteiger partial charge is 0.465 e. The summed E-state index contributed by atoms with van der Waals surface area (Å²) in [7, 11) is 0. The molecule has 1 N–H and O–H groups in total. The van der Waals surface area contributed by atoms with Crippen LogP contribution in [0.1, 0.15) is 39.0 Å². The lowest BCUT2D eigenvalue weighted by Gasteiger charge is -2.27. The first kappa shape index (κ1) is 10.9. The van der Waals surface area contributed by atoms with Crippen LogP contribution in [0, 0.1) is 11.8 Å². The predicted molar refractivity (Wildman–Crippen MR) is 58.5 cm³/mol. The van der Waals surface area contributed by atoms with Crippen LogP contribution in [-0.2, 0) is 9.53 Å². The van der Waals surface area contributed by atoms with Gasteiger partial charge in [0.1, 0.15) is 6.04 Å². The standard InChI is InChI=1S/C12H21NO2/c1-2-15-12(14)11-7-10(8-13-11)6-9-4-3-5-9/h9-11,13H,2-8H2,1H3/t10-,11-/m0/s1. The van der Waals surface area contributed by atoms with E-state index >= 15 is 0 Å². The second-order valence-corrected chi connectivity index (χ2v) is 4.85. The third-order valence-corrected chi connectivity index (χ3v) is 3.68. The first-order chi connectivity index (χ1) is 7.29. The number of carbonyl (C=O) groups excluding carboxylic acids is 1. The van der Waals surface area contributed by atoms with Crippen molar-refractivity contribution in [3.8, 4) is 0 Å². The van der Waals surface area contributed by atoms with Crippen LogP contribution in [0.3, 0.4) is 0 Å². The molecule has 1 saturated carbocycles. The molecule has 2 atom stereocenters. The van der Waals surface area contributed by atoms with Crippen LogP contribution in [0.5, 0.6) is 0 Å². The monoisotopic (exact) mass is 211 g/mol. The first-order valence-electron chi connectivity index (χ1n) is 6.19. The van der Waals surface area contributed by atoms with E-state index in [1.165, 1.54) is 25.7 Å². The lowest BCUT2D eigenvalue weighted by Crippen LogP contribution is -2.32. The van der Waals surface area contributed by atoms with E-state index in [-0.39, 0.29) is 12.0 Å². The Bertz CT molecular complexity index is 226. The van der Waals surface area contributed by atoms with Gasteiger partial charge in [-0.15, -0.1) is 0 Å². The van der Waals surface area contributed by atoms with Gasteiger partial charge in [0.2, 0.25) is 0 Å². The van der Waals surface area contributed by atoms with Crippen molar-refractivity contribution in [2.24, 2.45) is 11.8 Å². The third kappa shape index (κ3) is 2.71. The molecule has 1 heterocycles. The number of ether oxygens (including phenoxy) is 1. The Labute approximate surface area is 91.6 Å². The predicted octanol–water partition coefficient (Wildman–Crippen LogP) is 1.72. The lowest BCUT2D eigenvalue weighted by atomic mass is 9.78. The number of hydrogen-bond acceptors (Lipinski definition) is 3. The molecule has 0 aromatic heterocycles. The van der Waals surface area contributed by atoms with Gasteiger partial charge < -0.3 is 10.1 Å². The molecule has 0 aromatic carbocycles. The molecule has 0 aromatic rings. The molecule has 0 amide bonds. The Morgan fingerprint density at radius 3 is 2.80 bits per heavy atom. The summed E-state index contributed by atoms with van der Waals surface area (Å²) < 4.78 is 5.02. The molecule has 3 heteroatoms. The number of nitrogens with one attached hydrogen (secondary N) is 1. The van der Waals surface area contributed by atoms with Crippen molar-refractivity contribution < 1.29 is 9.53 Å². The quantitative estimate of drug-likeness (QED) is 0.720. The van der Waals surface area contributed by atoms with E-state index in [0.717, 1.165) is 18.9 Å². The van der Waals surface area contributed by atoms with Crippen LogP contribution in [0.2, 0.25) is 0 Å². The highest BCUT2D eigenvalue weighted by Gasteiger charge is 2.32. The molecule has 1 aliphatic carbocycles. The van der Waals surface area contributed by atoms with Gasteiger partial charge in [-0.3, -0.25) is 4.79 Å². The van der Waals surface area contributed by atoms with Crippen molar-refractivity contribution in [3.63, 3.8) is 0 Å². The molecular formula is C12H21NO2. The van der Waals surface area contributed by atoms with Crippen molar-refractivity contribution in [2.45, 2.75) is 45.1 Å². The van der Waals surface area contributed by atoms with Crippen molar-refractivity contribution in [2.75, 3.05) is 13.2 Å². The molecule has 15 heavy (non-hydrogen) atoms. The van der Waals surface area contributed by atoms with Crippen LogP contribution in [0.15, 0.2) is 0 Å². The Kier molecular flexibility index (Phi) is 3.62. The molecule has 3 nitrogen and oxygen atoms in total. The van der Waals surface area contributed by atoms with E-state index in [1.807, 2.05) is 6.92 Å². The zero-order valence-corrected chi connectivity index (χ0v) is 9.50. The zero-order chi connectivity index (χ0) is 10.7.